The third kappa shape index (κ3) is 10.1. The Labute approximate surface area is 263 Å². The molecule has 3 aromatic rings. The monoisotopic (exact) mass is 619 g/mol. The Bertz CT molecular complexity index is 1520. The zero-order valence-corrected chi connectivity index (χ0v) is 26.7. The minimum absolute atomic E-state index is 0.00745. The summed E-state index contributed by atoms with van der Waals surface area (Å²) in [6.07, 6.45) is -0.137. The summed E-state index contributed by atoms with van der Waals surface area (Å²) in [5.41, 5.74) is -0.0474. The van der Waals surface area contributed by atoms with Crippen molar-refractivity contribution in [3.63, 3.8) is 0 Å². The van der Waals surface area contributed by atoms with Crippen LogP contribution in [-0.2, 0) is 16.1 Å². The number of hydrogen-bond donors (Lipinski definition) is 3. The van der Waals surface area contributed by atoms with Crippen molar-refractivity contribution in [2.45, 2.75) is 66.2 Å². The summed E-state index contributed by atoms with van der Waals surface area (Å²) in [4.78, 5) is 55.3. The highest BCUT2D eigenvalue weighted by atomic mass is 16.6. The SMILES string of the molecule is COc1ccc(-c2ccc(C(=O)N[C@H](CCNC(=O)OC(C)(C)C)C(C)(C)C)cc2C(=O)OCc2ccccc2)c(C(=O)O)n1. The Hall–Kier alpha value is -4.93. The molecule has 11 heteroatoms. The maximum absolute atomic E-state index is 13.5. The Morgan fingerprint density at radius 1 is 0.911 bits per heavy atom. The summed E-state index contributed by atoms with van der Waals surface area (Å²) < 4.78 is 16.0. The van der Waals surface area contributed by atoms with Gasteiger partial charge in [-0.3, -0.25) is 4.79 Å². The average Bonchev–Trinajstić information content (AvgIpc) is 2.97. The molecule has 240 valence electrons. The standard InChI is InChI=1S/C34H41N3O8/c1-33(2,3)26(17-18-35-32(42)45-34(4,5)6)36-29(38)22-13-14-23(24-15-16-27(43-7)37-28(24)30(39)40)25(19-22)31(41)44-20-21-11-9-8-10-12-21/h8-16,19,26H,17-18,20H2,1-7H3,(H,35,42)(H,36,38)(H,39,40)/t26-/m1/s1. The van der Waals surface area contributed by atoms with Gasteiger partial charge in [-0.1, -0.05) is 57.2 Å². The van der Waals surface area contributed by atoms with E-state index >= 15 is 0 Å². The first-order valence-electron chi connectivity index (χ1n) is 14.5. The number of esters is 1. The number of methoxy groups -OCH3 is 1. The fourth-order valence-electron chi connectivity index (χ4n) is 4.42. The van der Waals surface area contributed by atoms with E-state index in [0.717, 1.165) is 5.56 Å². The first-order valence-corrected chi connectivity index (χ1v) is 14.5. The molecule has 45 heavy (non-hydrogen) atoms. The second-order valence-electron chi connectivity index (χ2n) is 12.5. The van der Waals surface area contributed by atoms with E-state index in [1.54, 1.807) is 32.9 Å². The molecule has 0 radical (unpaired) electrons. The number of rotatable bonds is 11. The molecule has 2 amide bonds. The van der Waals surface area contributed by atoms with Crippen LogP contribution in [0.5, 0.6) is 5.88 Å². The highest BCUT2D eigenvalue weighted by Crippen LogP contribution is 2.30. The topological polar surface area (TPSA) is 153 Å². The van der Waals surface area contributed by atoms with E-state index in [2.05, 4.69) is 15.6 Å². The predicted octanol–water partition coefficient (Wildman–Crippen LogP) is 5.87. The van der Waals surface area contributed by atoms with Crippen LogP contribution in [0, 0.1) is 5.41 Å². The lowest BCUT2D eigenvalue weighted by Gasteiger charge is -2.32. The highest BCUT2D eigenvalue weighted by Gasteiger charge is 2.28. The fourth-order valence-corrected chi connectivity index (χ4v) is 4.42. The second-order valence-corrected chi connectivity index (χ2v) is 12.5. The van der Waals surface area contributed by atoms with Crippen LogP contribution < -0.4 is 15.4 Å². The Kier molecular flexibility index (Phi) is 11.3. The number of ether oxygens (including phenoxy) is 3. The number of hydrogen-bond acceptors (Lipinski definition) is 8. The minimum atomic E-state index is -1.32. The van der Waals surface area contributed by atoms with Crippen LogP contribution in [0.1, 0.15) is 84.7 Å². The van der Waals surface area contributed by atoms with E-state index in [-0.39, 0.29) is 58.4 Å². The number of nitrogens with one attached hydrogen (secondary N) is 2. The van der Waals surface area contributed by atoms with Crippen LogP contribution in [0.15, 0.2) is 60.7 Å². The molecule has 1 heterocycles. The van der Waals surface area contributed by atoms with E-state index < -0.39 is 29.5 Å². The molecule has 1 atom stereocenters. The number of aromatic nitrogens is 1. The highest BCUT2D eigenvalue weighted by molar-refractivity contribution is 6.04. The van der Waals surface area contributed by atoms with Crippen molar-refractivity contribution in [3.05, 3.63) is 83.0 Å². The molecular formula is C34H41N3O8. The third-order valence-electron chi connectivity index (χ3n) is 6.74. The number of aromatic carboxylic acids is 1. The van der Waals surface area contributed by atoms with E-state index in [1.165, 1.54) is 37.4 Å². The van der Waals surface area contributed by atoms with E-state index in [1.807, 2.05) is 39.0 Å². The van der Waals surface area contributed by atoms with Crippen molar-refractivity contribution in [2.75, 3.05) is 13.7 Å². The molecule has 1 aromatic heterocycles. The number of alkyl carbamates (subject to hydrolysis) is 1. The molecule has 3 N–H and O–H groups in total. The summed E-state index contributed by atoms with van der Waals surface area (Å²) in [7, 11) is 1.37. The summed E-state index contributed by atoms with van der Waals surface area (Å²) in [6.45, 7) is 11.4. The van der Waals surface area contributed by atoms with Crippen molar-refractivity contribution in [3.8, 4) is 17.0 Å². The van der Waals surface area contributed by atoms with Gasteiger partial charge in [0, 0.05) is 29.8 Å². The lowest BCUT2D eigenvalue weighted by atomic mass is 9.84. The number of nitrogens with zero attached hydrogens (tertiary/aromatic N) is 1. The van der Waals surface area contributed by atoms with Crippen molar-refractivity contribution < 1.29 is 38.5 Å². The van der Waals surface area contributed by atoms with Crippen LogP contribution in [0.4, 0.5) is 4.79 Å². The number of amides is 2. The van der Waals surface area contributed by atoms with E-state index in [9.17, 15) is 24.3 Å². The minimum Gasteiger partial charge on any atom is -0.481 e. The van der Waals surface area contributed by atoms with Gasteiger partial charge in [0.05, 0.1) is 12.7 Å². The van der Waals surface area contributed by atoms with Crippen LogP contribution in [0.25, 0.3) is 11.1 Å². The number of carboxylic acid groups (broad SMARTS) is 1. The van der Waals surface area contributed by atoms with Gasteiger partial charge in [-0.25, -0.2) is 19.4 Å². The molecule has 0 aliphatic carbocycles. The van der Waals surface area contributed by atoms with Crippen LogP contribution in [-0.4, -0.2) is 59.3 Å². The molecule has 0 aliphatic heterocycles. The number of carboxylic acids is 1. The number of pyridine rings is 1. The largest absolute Gasteiger partial charge is 0.481 e. The molecule has 0 spiro atoms. The lowest BCUT2D eigenvalue weighted by Crippen LogP contribution is -2.46. The molecule has 0 fully saturated rings. The molecule has 11 nitrogen and oxygen atoms in total. The maximum atomic E-state index is 13.5. The molecular weight excluding hydrogens is 578 g/mol. The van der Waals surface area contributed by atoms with Gasteiger partial charge in [-0.15, -0.1) is 0 Å². The zero-order chi connectivity index (χ0) is 33.4. The van der Waals surface area contributed by atoms with Gasteiger partial charge in [-0.2, -0.15) is 0 Å². The van der Waals surface area contributed by atoms with E-state index in [0.29, 0.717) is 6.42 Å². The van der Waals surface area contributed by atoms with Crippen LogP contribution >= 0.6 is 0 Å². The molecule has 0 saturated heterocycles. The Balaban J connectivity index is 1.93. The fraction of sp³-hybridized carbons (Fsp3) is 0.382. The lowest BCUT2D eigenvalue weighted by molar-refractivity contribution is 0.0471. The maximum Gasteiger partial charge on any atom is 0.407 e. The second kappa shape index (κ2) is 14.7. The van der Waals surface area contributed by atoms with Gasteiger partial charge < -0.3 is 30.0 Å². The van der Waals surface area contributed by atoms with Crippen molar-refractivity contribution in [1.82, 2.24) is 15.6 Å². The number of carbonyl (C=O) groups is 4. The smallest absolute Gasteiger partial charge is 0.407 e. The summed E-state index contributed by atoms with van der Waals surface area (Å²) in [6, 6.07) is 16.1. The Morgan fingerprint density at radius 3 is 2.18 bits per heavy atom. The first kappa shape index (κ1) is 34.6. The Morgan fingerprint density at radius 2 is 1.58 bits per heavy atom. The van der Waals surface area contributed by atoms with Crippen LogP contribution in [0.3, 0.4) is 0 Å². The van der Waals surface area contributed by atoms with Crippen LogP contribution in [0.2, 0.25) is 0 Å². The summed E-state index contributed by atoms with van der Waals surface area (Å²) in [5, 5.41) is 15.6. The molecule has 0 bridgehead atoms. The van der Waals surface area contributed by atoms with Gasteiger partial charge in [0.25, 0.3) is 5.91 Å². The predicted molar refractivity (Wildman–Crippen MR) is 168 cm³/mol. The van der Waals surface area contributed by atoms with E-state index in [4.69, 9.17) is 14.2 Å². The van der Waals surface area contributed by atoms with Gasteiger partial charge in [0.15, 0.2) is 5.69 Å². The molecule has 2 aromatic carbocycles. The number of carbonyl (C=O) groups excluding carboxylic acids is 3. The molecule has 3 rings (SSSR count). The first-order chi connectivity index (χ1) is 21.1. The summed E-state index contributed by atoms with van der Waals surface area (Å²) in [5.74, 6) is -2.43. The average molecular weight is 620 g/mol. The van der Waals surface area contributed by atoms with Gasteiger partial charge in [0.1, 0.15) is 12.2 Å². The molecule has 0 saturated carbocycles. The normalized spacial score (nSPS) is 12.1. The van der Waals surface area contributed by atoms with Crippen molar-refractivity contribution in [2.24, 2.45) is 5.41 Å². The van der Waals surface area contributed by atoms with Crippen molar-refractivity contribution >= 4 is 23.9 Å². The molecule has 0 unspecified atom stereocenters. The van der Waals surface area contributed by atoms with Crippen molar-refractivity contribution in [1.29, 1.82) is 0 Å². The number of benzene rings is 2. The zero-order valence-electron chi connectivity index (χ0n) is 26.7. The third-order valence-corrected chi connectivity index (χ3v) is 6.74. The van der Waals surface area contributed by atoms with Gasteiger partial charge in [0.2, 0.25) is 5.88 Å². The van der Waals surface area contributed by atoms with Gasteiger partial charge >= 0.3 is 18.0 Å². The molecule has 0 aliphatic rings. The van der Waals surface area contributed by atoms with Gasteiger partial charge in [-0.05, 0) is 61.9 Å². The summed E-state index contributed by atoms with van der Waals surface area (Å²) >= 11 is 0. The quantitative estimate of drug-likeness (QED) is 0.224.